The first-order valence-electron chi connectivity index (χ1n) is 6.22. The second kappa shape index (κ2) is 9.82. The molecule has 0 aliphatic heterocycles. The largest absolute Gasteiger partial charge is 0.383 e. The predicted molar refractivity (Wildman–Crippen MR) is 70.9 cm³/mol. The van der Waals surface area contributed by atoms with Crippen LogP contribution in [0.2, 0.25) is 0 Å². The number of hydrogen-bond acceptors (Lipinski definition) is 3. The van der Waals surface area contributed by atoms with Gasteiger partial charge >= 0.3 is 0 Å². The smallest absolute Gasteiger partial charge is 0.0589 e. The molecule has 0 aliphatic rings. The first kappa shape index (κ1) is 15.6. The highest BCUT2D eigenvalue weighted by atomic mass is 16.5. The minimum absolute atomic E-state index is 0.540. The van der Waals surface area contributed by atoms with Gasteiger partial charge in [0.25, 0.3) is 0 Å². The van der Waals surface area contributed by atoms with Gasteiger partial charge < -0.3 is 10.1 Å². The molecule has 16 heavy (non-hydrogen) atoms. The molecule has 0 spiro atoms. The molecule has 0 rings (SSSR count). The fourth-order valence-electron chi connectivity index (χ4n) is 1.51. The van der Waals surface area contributed by atoms with E-state index in [-0.39, 0.29) is 0 Å². The summed E-state index contributed by atoms with van der Waals surface area (Å²) in [5.41, 5.74) is 1.25. The van der Waals surface area contributed by atoms with Crippen molar-refractivity contribution < 1.29 is 4.74 Å². The Hall–Kier alpha value is -0.380. The Morgan fingerprint density at radius 3 is 2.62 bits per heavy atom. The van der Waals surface area contributed by atoms with Gasteiger partial charge in [0, 0.05) is 32.8 Å². The molecule has 1 N–H and O–H groups in total. The van der Waals surface area contributed by atoms with E-state index in [1.807, 2.05) is 0 Å². The highest BCUT2D eigenvalue weighted by Gasteiger charge is 2.09. The van der Waals surface area contributed by atoms with Crippen LogP contribution in [-0.2, 0) is 4.74 Å². The van der Waals surface area contributed by atoms with Gasteiger partial charge in [-0.15, -0.1) is 0 Å². The maximum atomic E-state index is 5.12. The first-order chi connectivity index (χ1) is 7.61. The van der Waals surface area contributed by atoms with Gasteiger partial charge in [0.15, 0.2) is 0 Å². The summed E-state index contributed by atoms with van der Waals surface area (Å²) in [6.45, 7) is 15.4. The van der Waals surface area contributed by atoms with E-state index < -0.39 is 0 Å². The lowest BCUT2D eigenvalue weighted by Gasteiger charge is -2.27. The van der Waals surface area contributed by atoms with Gasteiger partial charge in [-0.25, -0.2) is 0 Å². The summed E-state index contributed by atoms with van der Waals surface area (Å²) < 4.78 is 5.12. The second-order valence-corrected chi connectivity index (χ2v) is 4.48. The molecule has 0 aromatic carbocycles. The van der Waals surface area contributed by atoms with Gasteiger partial charge in [0.2, 0.25) is 0 Å². The Morgan fingerprint density at radius 1 is 1.44 bits per heavy atom. The van der Waals surface area contributed by atoms with Crippen LogP contribution in [0, 0.1) is 0 Å². The van der Waals surface area contributed by atoms with Gasteiger partial charge in [-0.05, 0) is 32.4 Å². The summed E-state index contributed by atoms with van der Waals surface area (Å²) >= 11 is 0. The third-order valence-electron chi connectivity index (χ3n) is 2.54. The lowest BCUT2D eigenvalue weighted by molar-refractivity contribution is 0.136. The fourth-order valence-corrected chi connectivity index (χ4v) is 1.51. The van der Waals surface area contributed by atoms with Crippen molar-refractivity contribution in [3.8, 4) is 0 Å². The Balaban J connectivity index is 3.83. The molecule has 0 saturated carbocycles. The van der Waals surface area contributed by atoms with Crippen LogP contribution >= 0.6 is 0 Å². The minimum atomic E-state index is 0.540. The lowest BCUT2D eigenvalue weighted by atomic mass is 10.2. The summed E-state index contributed by atoms with van der Waals surface area (Å²) in [5.74, 6) is 0. The summed E-state index contributed by atoms with van der Waals surface area (Å²) in [4.78, 5) is 2.39. The van der Waals surface area contributed by atoms with Crippen LogP contribution in [0.25, 0.3) is 0 Å². The number of nitrogens with one attached hydrogen (secondary N) is 1. The molecular formula is C13H28N2O. The molecule has 0 aliphatic carbocycles. The SMILES string of the molecule is C=C(CNCCC)CN(CCOC)C(C)C. The normalized spacial score (nSPS) is 11.4. The standard InChI is InChI=1S/C13H28N2O/c1-6-7-14-10-13(4)11-15(12(2)3)8-9-16-5/h12,14H,4,6-11H2,1-3,5H3. The van der Waals surface area contributed by atoms with Crippen molar-refractivity contribution in [3.05, 3.63) is 12.2 Å². The summed E-state index contributed by atoms with van der Waals surface area (Å²) in [6, 6.07) is 0.540. The third-order valence-corrected chi connectivity index (χ3v) is 2.54. The van der Waals surface area contributed by atoms with E-state index in [0.717, 1.165) is 32.8 Å². The molecule has 0 radical (unpaired) electrons. The Kier molecular flexibility index (Phi) is 9.59. The van der Waals surface area contributed by atoms with Gasteiger partial charge in [0.1, 0.15) is 0 Å². The average molecular weight is 228 g/mol. The zero-order valence-corrected chi connectivity index (χ0v) is 11.4. The zero-order chi connectivity index (χ0) is 12.4. The third kappa shape index (κ3) is 7.85. The molecule has 0 aromatic heterocycles. The molecule has 0 fully saturated rings. The first-order valence-corrected chi connectivity index (χ1v) is 6.22. The van der Waals surface area contributed by atoms with Gasteiger partial charge in [-0.2, -0.15) is 0 Å². The van der Waals surface area contributed by atoms with E-state index in [1.165, 1.54) is 12.0 Å². The van der Waals surface area contributed by atoms with Crippen molar-refractivity contribution in [2.24, 2.45) is 0 Å². The lowest BCUT2D eigenvalue weighted by Crippen LogP contribution is -2.37. The molecule has 3 heteroatoms. The molecule has 0 bridgehead atoms. The fraction of sp³-hybridized carbons (Fsp3) is 0.846. The molecule has 0 unspecified atom stereocenters. The molecule has 96 valence electrons. The van der Waals surface area contributed by atoms with Crippen molar-refractivity contribution in [1.29, 1.82) is 0 Å². The molecule has 0 atom stereocenters. The Labute approximate surface area is 101 Å². The number of ether oxygens (including phenoxy) is 1. The number of hydrogen-bond donors (Lipinski definition) is 1. The van der Waals surface area contributed by atoms with Crippen LogP contribution in [0.3, 0.4) is 0 Å². The van der Waals surface area contributed by atoms with E-state index in [2.05, 4.69) is 37.6 Å². The summed E-state index contributed by atoms with van der Waals surface area (Å²) in [5, 5.41) is 3.38. The number of nitrogens with zero attached hydrogens (tertiary/aromatic N) is 1. The van der Waals surface area contributed by atoms with Crippen molar-refractivity contribution >= 4 is 0 Å². The summed E-state index contributed by atoms with van der Waals surface area (Å²) in [6.07, 6.45) is 1.17. The van der Waals surface area contributed by atoms with E-state index in [9.17, 15) is 0 Å². The van der Waals surface area contributed by atoms with Crippen molar-refractivity contribution in [2.75, 3.05) is 39.9 Å². The van der Waals surface area contributed by atoms with Crippen LogP contribution in [-0.4, -0.2) is 50.8 Å². The highest BCUT2D eigenvalue weighted by Crippen LogP contribution is 2.02. The van der Waals surface area contributed by atoms with E-state index >= 15 is 0 Å². The van der Waals surface area contributed by atoms with Crippen LogP contribution < -0.4 is 5.32 Å². The second-order valence-electron chi connectivity index (χ2n) is 4.48. The van der Waals surface area contributed by atoms with Gasteiger partial charge in [0.05, 0.1) is 6.61 Å². The number of rotatable bonds is 10. The van der Waals surface area contributed by atoms with Crippen molar-refractivity contribution in [3.63, 3.8) is 0 Å². The Morgan fingerprint density at radius 2 is 2.12 bits per heavy atom. The summed E-state index contributed by atoms with van der Waals surface area (Å²) in [7, 11) is 1.75. The monoisotopic (exact) mass is 228 g/mol. The van der Waals surface area contributed by atoms with Crippen LogP contribution in [0.4, 0.5) is 0 Å². The van der Waals surface area contributed by atoms with Gasteiger partial charge in [-0.1, -0.05) is 13.5 Å². The quantitative estimate of drug-likeness (QED) is 0.456. The maximum absolute atomic E-state index is 5.12. The topological polar surface area (TPSA) is 24.5 Å². The molecule has 0 heterocycles. The Bertz CT molecular complexity index is 181. The predicted octanol–water partition coefficient (Wildman–Crippen LogP) is 1.90. The molecule has 0 saturated heterocycles. The van der Waals surface area contributed by atoms with E-state index in [1.54, 1.807) is 7.11 Å². The molecule has 0 aromatic rings. The molecule has 3 nitrogen and oxygen atoms in total. The van der Waals surface area contributed by atoms with Crippen LogP contribution in [0.5, 0.6) is 0 Å². The maximum Gasteiger partial charge on any atom is 0.0589 e. The minimum Gasteiger partial charge on any atom is -0.383 e. The van der Waals surface area contributed by atoms with Crippen molar-refractivity contribution in [1.82, 2.24) is 10.2 Å². The van der Waals surface area contributed by atoms with Gasteiger partial charge in [-0.3, -0.25) is 4.90 Å². The van der Waals surface area contributed by atoms with Crippen molar-refractivity contribution in [2.45, 2.75) is 33.2 Å². The molecule has 0 amide bonds. The van der Waals surface area contributed by atoms with E-state index in [4.69, 9.17) is 4.74 Å². The van der Waals surface area contributed by atoms with Crippen LogP contribution in [0.15, 0.2) is 12.2 Å². The molecular weight excluding hydrogens is 200 g/mol. The van der Waals surface area contributed by atoms with E-state index in [0.29, 0.717) is 6.04 Å². The highest BCUT2D eigenvalue weighted by molar-refractivity contribution is 5.00. The van der Waals surface area contributed by atoms with Crippen LogP contribution in [0.1, 0.15) is 27.2 Å². The zero-order valence-electron chi connectivity index (χ0n) is 11.4. The number of methoxy groups -OCH3 is 1. The average Bonchev–Trinajstić information content (AvgIpc) is 2.24.